The summed E-state index contributed by atoms with van der Waals surface area (Å²) >= 11 is 0. The van der Waals surface area contributed by atoms with Crippen LogP contribution in [-0.4, -0.2) is 23.9 Å². The Kier molecular flexibility index (Phi) is 3.92. The molecule has 3 rings (SSSR count). The van der Waals surface area contributed by atoms with Crippen LogP contribution in [0.25, 0.3) is 0 Å². The topological polar surface area (TPSA) is 46.5 Å². The number of amidine groups is 1. The Balaban J connectivity index is 1.70. The van der Waals surface area contributed by atoms with Gasteiger partial charge < -0.3 is 10.1 Å². The molecule has 0 spiro atoms. The van der Waals surface area contributed by atoms with E-state index >= 15 is 0 Å². The molecule has 2 heterocycles. The van der Waals surface area contributed by atoms with E-state index in [1.807, 2.05) is 42.6 Å². The second-order valence-corrected chi connectivity index (χ2v) is 4.69. The van der Waals surface area contributed by atoms with Crippen molar-refractivity contribution in [1.82, 2.24) is 10.3 Å². The minimum absolute atomic E-state index is 0.525. The highest BCUT2D eigenvalue weighted by molar-refractivity contribution is 5.99. The van der Waals surface area contributed by atoms with Gasteiger partial charge in [0.05, 0.1) is 0 Å². The van der Waals surface area contributed by atoms with E-state index in [1.165, 1.54) is 0 Å². The third kappa shape index (κ3) is 3.15. The SMILES string of the molecule is c1cncc(COc2cccc(C3=NCCCN3)c2)c1. The van der Waals surface area contributed by atoms with Crippen molar-refractivity contribution in [2.75, 3.05) is 13.1 Å². The van der Waals surface area contributed by atoms with E-state index in [9.17, 15) is 0 Å². The molecule has 1 aromatic heterocycles. The molecule has 0 radical (unpaired) electrons. The summed E-state index contributed by atoms with van der Waals surface area (Å²) in [7, 11) is 0. The first-order chi connectivity index (χ1) is 9.92. The molecule has 4 heteroatoms. The molecular formula is C16H17N3O. The van der Waals surface area contributed by atoms with Crippen molar-refractivity contribution < 1.29 is 4.74 Å². The zero-order valence-electron chi connectivity index (χ0n) is 11.2. The number of aromatic nitrogens is 1. The Morgan fingerprint density at radius 3 is 3.00 bits per heavy atom. The highest BCUT2D eigenvalue weighted by Gasteiger charge is 2.07. The zero-order valence-corrected chi connectivity index (χ0v) is 11.2. The molecule has 1 aromatic carbocycles. The molecule has 2 aromatic rings. The molecule has 0 amide bonds. The van der Waals surface area contributed by atoms with Crippen LogP contribution in [-0.2, 0) is 6.61 Å². The summed E-state index contributed by atoms with van der Waals surface area (Å²) in [5, 5.41) is 3.32. The Labute approximate surface area is 118 Å². The Hall–Kier alpha value is -2.36. The molecular weight excluding hydrogens is 250 g/mol. The Morgan fingerprint density at radius 1 is 1.20 bits per heavy atom. The summed E-state index contributed by atoms with van der Waals surface area (Å²) in [6.07, 6.45) is 4.67. The Morgan fingerprint density at radius 2 is 2.20 bits per heavy atom. The zero-order chi connectivity index (χ0) is 13.6. The van der Waals surface area contributed by atoms with E-state index in [1.54, 1.807) is 6.20 Å². The smallest absolute Gasteiger partial charge is 0.128 e. The summed E-state index contributed by atoms with van der Waals surface area (Å²) in [5.41, 5.74) is 2.14. The van der Waals surface area contributed by atoms with Gasteiger partial charge in [-0.3, -0.25) is 9.98 Å². The van der Waals surface area contributed by atoms with Crippen LogP contribution in [0.4, 0.5) is 0 Å². The predicted molar refractivity (Wildman–Crippen MR) is 79.0 cm³/mol. The number of nitrogens with one attached hydrogen (secondary N) is 1. The average Bonchev–Trinajstić information content (AvgIpc) is 2.55. The van der Waals surface area contributed by atoms with Gasteiger partial charge in [0.15, 0.2) is 0 Å². The van der Waals surface area contributed by atoms with E-state index in [-0.39, 0.29) is 0 Å². The molecule has 0 unspecified atom stereocenters. The molecule has 0 saturated heterocycles. The quantitative estimate of drug-likeness (QED) is 0.925. The summed E-state index contributed by atoms with van der Waals surface area (Å²) in [6, 6.07) is 11.9. The number of pyridine rings is 1. The van der Waals surface area contributed by atoms with E-state index in [0.717, 1.165) is 42.2 Å². The second kappa shape index (κ2) is 6.19. The highest BCUT2D eigenvalue weighted by Crippen LogP contribution is 2.16. The highest BCUT2D eigenvalue weighted by atomic mass is 16.5. The second-order valence-electron chi connectivity index (χ2n) is 4.69. The first-order valence-corrected chi connectivity index (χ1v) is 6.82. The summed E-state index contributed by atoms with van der Waals surface area (Å²) in [4.78, 5) is 8.58. The van der Waals surface area contributed by atoms with Crippen LogP contribution >= 0.6 is 0 Å². The summed E-state index contributed by atoms with van der Waals surface area (Å²) < 4.78 is 5.80. The molecule has 1 aliphatic heterocycles. The van der Waals surface area contributed by atoms with Crippen LogP contribution < -0.4 is 10.1 Å². The van der Waals surface area contributed by atoms with Crippen molar-refractivity contribution in [2.45, 2.75) is 13.0 Å². The van der Waals surface area contributed by atoms with E-state index < -0.39 is 0 Å². The van der Waals surface area contributed by atoms with Crippen LogP contribution in [0.5, 0.6) is 5.75 Å². The molecule has 1 N–H and O–H groups in total. The van der Waals surface area contributed by atoms with Crippen LogP contribution in [0.1, 0.15) is 17.5 Å². The standard InChI is InChI=1S/C16H17N3O/c1-5-14(16-18-8-3-9-19-16)10-15(6-1)20-12-13-4-2-7-17-11-13/h1-2,4-7,10-11H,3,8-9,12H2,(H,18,19). The van der Waals surface area contributed by atoms with Gasteiger partial charge in [-0.1, -0.05) is 18.2 Å². The monoisotopic (exact) mass is 267 g/mol. The maximum absolute atomic E-state index is 5.80. The molecule has 0 fully saturated rings. The lowest BCUT2D eigenvalue weighted by Crippen LogP contribution is -2.30. The van der Waals surface area contributed by atoms with Gasteiger partial charge in [-0.05, 0) is 24.6 Å². The molecule has 0 saturated carbocycles. The van der Waals surface area contributed by atoms with Crippen molar-refractivity contribution >= 4 is 5.84 Å². The predicted octanol–water partition coefficient (Wildman–Crippen LogP) is 2.40. The van der Waals surface area contributed by atoms with Gasteiger partial charge in [-0.25, -0.2) is 0 Å². The maximum Gasteiger partial charge on any atom is 0.128 e. The largest absolute Gasteiger partial charge is 0.489 e. The fourth-order valence-corrected chi connectivity index (χ4v) is 2.11. The van der Waals surface area contributed by atoms with E-state index in [4.69, 9.17) is 4.74 Å². The lowest BCUT2D eigenvalue weighted by Gasteiger charge is -2.15. The third-order valence-electron chi connectivity index (χ3n) is 3.13. The van der Waals surface area contributed by atoms with Crippen molar-refractivity contribution in [3.05, 3.63) is 59.9 Å². The number of ether oxygens (including phenoxy) is 1. The van der Waals surface area contributed by atoms with Crippen LogP contribution in [0, 0.1) is 0 Å². The number of hydrogen-bond donors (Lipinski definition) is 1. The van der Waals surface area contributed by atoms with Gasteiger partial charge in [0.25, 0.3) is 0 Å². The van der Waals surface area contributed by atoms with Gasteiger partial charge >= 0.3 is 0 Å². The summed E-state index contributed by atoms with van der Waals surface area (Å²) in [6.45, 7) is 2.40. The van der Waals surface area contributed by atoms with E-state index in [0.29, 0.717) is 6.61 Å². The van der Waals surface area contributed by atoms with Crippen LogP contribution in [0.3, 0.4) is 0 Å². The lowest BCUT2D eigenvalue weighted by atomic mass is 10.1. The minimum Gasteiger partial charge on any atom is -0.489 e. The van der Waals surface area contributed by atoms with E-state index in [2.05, 4.69) is 15.3 Å². The fourth-order valence-electron chi connectivity index (χ4n) is 2.11. The first kappa shape index (κ1) is 12.7. The lowest BCUT2D eigenvalue weighted by molar-refractivity contribution is 0.305. The molecule has 4 nitrogen and oxygen atoms in total. The fraction of sp³-hybridized carbons (Fsp3) is 0.250. The van der Waals surface area contributed by atoms with Gasteiger partial charge in [-0.2, -0.15) is 0 Å². The molecule has 0 bridgehead atoms. The number of rotatable bonds is 4. The number of hydrogen-bond acceptors (Lipinski definition) is 4. The van der Waals surface area contributed by atoms with Crippen molar-refractivity contribution in [3.63, 3.8) is 0 Å². The molecule has 0 aliphatic carbocycles. The molecule has 1 aliphatic rings. The van der Waals surface area contributed by atoms with Crippen molar-refractivity contribution in [2.24, 2.45) is 4.99 Å². The number of benzene rings is 1. The first-order valence-electron chi connectivity index (χ1n) is 6.82. The van der Waals surface area contributed by atoms with Crippen molar-refractivity contribution in [1.29, 1.82) is 0 Å². The molecule has 20 heavy (non-hydrogen) atoms. The van der Waals surface area contributed by atoms with Gasteiger partial charge in [-0.15, -0.1) is 0 Å². The van der Waals surface area contributed by atoms with Crippen LogP contribution in [0.15, 0.2) is 53.8 Å². The summed E-state index contributed by atoms with van der Waals surface area (Å²) in [5.74, 6) is 1.81. The van der Waals surface area contributed by atoms with Crippen LogP contribution in [0.2, 0.25) is 0 Å². The maximum atomic E-state index is 5.80. The Bertz CT molecular complexity index is 596. The molecule has 0 atom stereocenters. The van der Waals surface area contributed by atoms with Gasteiger partial charge in [0.2, 0.25) is 0 Å². The average molecular weight is 267 g/mol. The van der Waals surface area contributed by atoms with Gasteiger partial charge in [0, 0.05) is 36.6 Å². The third-order valence-corrected chi connectivity index (χ3v) is 3.13. The minimum atomic E-state index is 0.525. The normalized spacial score (nSPS) is 14.3. The molecule has 102 valence electrons. The number of aliphatic imine (C=N–C) groups is 1. The number of nitrogens with zero attached hydrogens (tertiary/aromatic N) is 2. The van der Waals surface area contributed by atoms with Gasteiger partial charge in [0.1, 0.15) is 18.2 Å². The van der Waals surface area contributed by atoms with Crippen molar-refractivity contribution in [3.8, 4) is 5.75 Å².